The number of nitrogens with zero attached hydrogens (tertiary/aromatic N) is 4. The molecule has 0 spiro atoms. The maximum Gasteiger partial charge on any atom is 0.246 e. The number of nitrogens with one attached hydrogen (secondary N) is 1. The first-order chi connectivity index (χ1) is 11.2. The predicted octanol–water partition coefficient (Wildman–Crippen LogP) is 2.76. The molecule has 2 heterocycles. The van der Waals surface area contributed by atoms with Crippen molar-refractivity contribution in [3.05, 3.63) is 60.3 Å². The van der Waals surface area contributed by atoms with E-state index in [-0.39, 0.29) is 12.5 Å². The van der Waals surface area contributed by atoms with Gasteiger partial charge in [0.2, 0.25) is 11.8 Å². The van der Waals surface area contributed by atoms with E-state index in [4.69, 9.17) is 16.3 Å². The van der Waals surface area contributed by atoms with E-state index in [1.165, 1.54) is 23.5 Å². The molecule has 0 unspecified atom stereocenters. The third-order valence-electron chi connectivity index (χ3n) is 2.83. The van der Waals surface area contributed by atoms with Crippen LogP contribution < -0.4 is 10.1 Å². The molecule has 116 valence electrons. The van der Waals surface area contributed by atoms with Crippen molar-refractivity contribution in [1.82, 2.24) is 19.7 Å². The number of hydrogen-bond acceptors (Lipinski definition) is 5. The Morgan fingerprint density at radius 3 is 2.70 bits per heavy atom. The van der Waals surface area contributed by atoms with Crippen LogP contribution in [0.5, 0.6) is 11.6 Å². The molecule has 0 aliphatic heterocycles. The van der Waals surface area contributed by atoms with E-state index < -0.39 is 0 Å². The lowest BCUT2D eigenvalue weighted by atomic mass is 10.3. The molecule has 1 aromatic carbocycles. The maximum absolute atomic E-state index is 11.8. The molecular formula is C15H12ClN5O2. The number of hydrogen-bond donors (Lipinski definition) is 1. The zero-order valence-corrected chi connectivity index (χ0v) is 12.6. The summed E-state index contributed by atoms with van der Waals surface area (Å²) in [5, 5.41) is 7.22. The lowest BCUT2D eigenvalue weighted by molar-refractivity contribution is -0.116. The largest absolute Gasteiger partial charge is 0.439 e. The van der Waals surface area contributed by atoms with Gasteiger partial charge in [0.15, 0.2) is 0 Å². The highest BCUT2D eigenvalue weighted by Crippen LogP contribution is 2.22. The minimum absolute atomic E-state index is 0.0863. The highest BCUT2D eigenvalue weighted by Gasteiger charge is 2.05. The van der Waals surface area contributed by atoms with Crippen LogP contribution in [0.1, 0.15) is 0 Å². The van der Waals surface area contributed by atoms with Crippen LogP contribution in [0.15, 0.2) is 55.2 Å². The third-order valence-corrected chi connectivity index (χ3v) is 3.08. The molecule has 7 nitrogen and oxygen atoms in total. The topological polar surface area (TPSA) is 81.9 Å². The fraction of sp³-hybridized carbons (Fsp3) is 0.0667. The predicted molar refractivity (Wildman–Crippen MR) is 84.4 cm³/mol. The number of benzene rings is 1. The number of anilines is 1. The summed E-state index contributed by atoms with van der Waals surface area (Å²) in [4.78, 5) is 19.7. The van der Waals surface area contributed by atoms with Gasteiger partial charge in [0, 0.05) is 11.1 Å². The molecule has 3 aromatic rings. The quantitative estimate of drug-likeness (QED) is 0.778. The first kappa shape index (κ1) is 15.0. The standard InChI is InChI=1S/C15H12ClN5O2/c16-11-1-4-13(5-2-11)23-15-6-3-12(7-18-15)20-14(22)8-21-10-17-9-19-21/h1-7,9-10H,8H2,(H,20,22). The second kappa shape index (κ2) is 6.89. The summed E-state index contributed by atoms with van der Waals surface area (Å²) in [5.74, 6) is 0.829. The van der Waals surface area contributed by atoms with Crippen LogP contribution in [0.25, 0.3) is 0 Å². The first-order valence-corrected chi connectivity index (χ1v) is 7.08. The molecule has 0 aliphatic rings. The van der Waals surface area contributed by atoms with Crippen LogP contribution in [-0.4, -0.2) is 25.7 Å². The number of ether oxygens (including phenoxy) is 1. The van der Waals surface area contributed by atoms with Crippen molar-refractivity contribution in [3.8, 4) is 11.6 Å². The second-order valence-electron chi connectivity index (χ2n) is 4.58. The molecule has 0 saturated heterocycles. The molecule has 2 aromatic heterocycles. The Hall–Kier alpha value is -2.93. The summed E-state index contributed by atoms with van der Waals surface area (Å²) >= 11 is 5.81. The van der Waals surface area contributed by atoms with E-state index in [1.54, 1.807) is 36.4 Å². The molecule has 3 rings (SSSR count). The van der Waals surface area contributed by atoms with Crippen LogP contribution in [0.4, 0.5) is 5.69 Å². The van der Waals surface area contributed by atoms with Crippen molar-refractivity contribution < 1.29 is 9.53 Å². The summed E-state index contributed by atoms with van der Waals surface area (Å²) in [6.07, 6.45) is 4.36. The van der Waals surface area contributed by atoms with Crippen molar-refractivity contribution >= 4 is 23.2 Å². The summed E-state index contributed by atoms with van der Waals surface area (Å²) < 4.78 is 7.01. The number of carbonyl (C=O) groups excluding carboxylic acids is 1. The van der Waals surface area contributed by atoms with Crippen LogP contribution in [0.3, 0.4) is 0 Å². The van der Waals surface area contributed by atoms with Gasteiger partial charge in [-0.25, -0.2) is 14.6 Å². The Morgan fingerprint density at radius 2 is 2.04 bits per heavy atom. The fourth-order valence-electron chi connectivity index (χ4n) is 1.80. The van der Waals surface area contributed by atoms with E-state index in [0.717, 1.165) is 0 Å². The van der Waals surface area contributed by atoms with Gasteiger partial charge >= 0.3 is 0 Å². The molecular weight excluding hydrogens is 318 g/mol. The van der Waals surface area contributed by atoms with E-state index in [1.807, 2.05) is 0 Å². The number of rotatable bonds is 5. The minimum atomic E-state index is -0.219. The van der Waals surface area contributed by atoms with Crippen LogP contribution >= 0.6 is 11.6 Å². The fourth-order valence-corrected chi connectivity index (χ4v) is 1.93. The number of halogens is 1. The zero-order valence-electron chi connectivity index (χ0n) is 11.9. The number of amides is 1. The van der Waals surface area contributed by atoms with Gasteiger partial charge in [0.05, 0.1) is 11.9 Å². The maximum atomic E-state index is 11.8. The Bertz CT molecular complexity index is 773. The molecule has 8 heteroatoms. The Kier molecular flexibility index (Phi) is 4.49. The Balaban J connectivity index is 1.58. The lowest BCUT2D eigenvalue weighted by Crippen LogP contribution is -2.19. The average molecular weight is 330 g/mol. The average Bonchev–Trinajstić information content (AvgIpc) is 3.04. The summed E-state index contributed by atoms with van der Waals surface area (Å²) in [6, 6.07) is 10.3. The highest BCUT2D eigenvalue weighted by molar-refractivity contribution is 6.30. The van der Waals surface area contributed by atoms with E-state index in [9.17, 15) is 4.79 Å². The number of carbonyl (C=O) groups is 1. The van der Waals surface area contributed by atoms with Crippen molar-refractivity contribution in [1.29, 1.82) is 0 Å². The number of pyridine rings is 1. The van der Waals surface area contributed by atoms with E-state index in [2.05, 4.69) is 20.4 Å². The van der Waals surface area contributed by atoms with Crippen molar-refractivity contribution in [3.63, 3.8) is 0 Å². The third kappa shape index (κ3) is 4.27. The molecule has 0 bridgehead atoms. The molecule has 1 N–H and O–H groups in total. The van der Waals surface area contributed by atoms with Crippen molar-refractivity contribution in [2.45, 2.75) is 6.54 Å². The molecule has 0 radical (unpaired) electrons. The van der Waals surface area contributed by atoms with Crippen LogP contribution in [0, 0.1) is 0 Å². The minimum Gasteiger partial charge on any atom is -0.439 e. The van der Waals surface area contributed by atoms with Crippen LogP contribution in [-0.2, 0) is 11.3 Å². The molecule has 23 heavy (non-hydrogen) atoms. The van der Waals surface area contributed by atoms with Gasteiger partial charge in [-0.15, -0.1) is 0 Å². The molecule has 0 atom stereocenters. The van der Waals surface area contributed by atoms with Gasteiger partial charge in [-0.3, -0.25) is 4.79 Å². The number of aromatic nitrogens is 4. The van der Waals surface area contributed by atoms with E-state index >= 15 is 0 Å². The lowest BCUT2D eigenvalue weighted by Gasteiger charge is -2.07. The Labute approximate surface area is 136 Å². The summed E-state index contributed by atoms with van der Waals surface area (Å²) in [6.45, 7) is 0.0863. The molecule has 1 amide bonds. The molecule has 0 fully saturated rings. The van der Waals surface area contributed by atoms with Gasteiger partial charge in [-0.05, 0) is 30.3 Å². The monoisotopic (exact) mass is 329 g/mol. The van der Waals surface area contributed by atoms with E-state index in [0.29, 0.717) is 22.3 Å². The van der Waals surface area contributed by atoms with Crippen molar-refractivity contribution in [2.75, 3.05) is 5.32 Å². The van der Waals surface area contributed by atoms with Gasteiger partial charge in [-0.2, -0.15) is 5.10 Å². The zero-order chi connectivity index (χ0) is 16.1. The first-order valence-electron chi connectivity index (χ1n) is 6.71. The van der Waals surface area contributed by atoms with Crippen LogP contribution in [0.2, 0.25) is 5.02 Å². The molecule has 0 aliphatic carbocycles. The summed E-state index contributed by atoms with van der Waals surface area (Å²) in [7, 11) is 0. The van der Waals surface area contributed by atoms with Gasteiger partial charge in [0.25, 0.3) is 0 Å². The smallest absolute Gasteiger partial charge is 0.246 e. The van der Waals surface area contributed by atoms with Gasteiger partial charge in [0.1, 0.15) is 24.9 Å². The Morgan fingerprint density at radius 1 is 1.22 bits per heavy atom. The highest BCUT2D eigenvalue weighted by atomic mass is 35.5. The SMILES string of the molecule is O=C(Cn1cncn1)Nc1ccc(Oc2ccc(Cl)cc2)nc1. The normalized spacial score (nSPS) is 10.3. The van der Waals surface area contributed by atoms with Crippen molar-refractivity contribution in [2.24, 2.45) is 0 Å². The molecule has 0 saturated carbocycles. The van der Waals surface area contributed by atoms with Gasteiger partial charge < -0.3 is 10.1 Å². The van der Waals surface area contributed by atoms with Gasteiger partial charge in [-0.1, -0.05) is 11.6 Å². The summed E-state index contributed by atoms with van der Waals surface area (Å²) in [5.41, 5.74) is 0.568. The second-order valence-corrected chi connectivity index (χ2v) is 5.02.